The number of carbonyl (C=O) groups excluding carboxylic acids is 1. The summed E-state index contributed by atoms with van der Waals surface area (Å²) < 4.78 is 37.7. The molecule has 0 saturated carbocycles. The Bertz CT molecular complexity index is 372. The van der Waals surface area contributed by atoms with E-state index >= 15 is 0 Å². The first-order chi connectivity index (χ1) is 6.16. The molecule has 0 atom stereocenters. The Kier molecular flexibility index (Phi) is 2.82. The SMILES string of the molecule is O=C=NCc1ccc(F)c(F)c1F. The third kappa shape index (κ3) is 1.95. The highest BCUT2D eigenvalue weighted by atomic mass is 19.2. The van der Waals surface area contributed by atoms with Crippen LogP contribution in [0, 0.1) is 17.5 Å². The van der Waals surface area contributed by atoms with Gasteiger partial charge in [-0.25, -0.2) is 23.0 Å². The molecule has 2 nitrogen and oxygen atoms in total. The van der Waals surface area contributed by atoms with Crippen molar-refractivity contribution in [2.45, 2.75) is 6.54 Å². The summed E-state index contributed by atoms with van der Waals surface area (Å²) in [5, 5.41) is 0. The van der Waals surface area contributed by atoms with E-state index < -0.39 is 17.5 Å². The Morgan fingerprint density at radius 1 is 1.23 bits per heavy atom. The largest absolute Gasteiger partial charge is 0.235 e. The first kappa shape index (κ1) is 9.48. The van der Waals surface area contributed by atoms with Crippen molar-refractivity contribution in [3.05, 3.63) is 35.1 Å². The van der Waals surface area contributed by atoms with Crippen molar-refractivity contribution >= 4 is 6.08 Å². The summed E-state index contributed by atoms with van der Waals surface area (Å²) in [5.74, 6) is -4.14. The summed E-state index contributed by atoms with van der Waals surface area (Å²) in [5.41, 5.74) is -0.178. The van der Waals surface area contributed by atoms with Crippen LogP contribution in [0.15, 0.2) is 17.1 Å². The predicted octanol–water partition coefficient (Wildman–Crippen LogP) is 1.94. The molecule has 0 bridgehead atoms. The fourth-order valence-electron chi connectivity index (χ4n) is 0.805. The molecule has 68 valence electrons. The summed E-state index contributed by atoms with van der Waals surface area (Å²) in [4.78, 5) is 12.7. The summed E-state index contributed by atoms with van der Waals surface area (Å²) in [6.45, 7) is -0.341. The van der Waals surface area contributed by atoms with Gasteiger partial charge in [0.2, 0.25) is 6.08 Å². The molecule has 0 amide bonds. The molecule has 0 aliphatic carbocycles. The zero-order chi connectivity index (χ0) is 9.84. The van der Waals surface area contributed by atoms with Crippen LogP contribution in [0.4, 0.5) is 13.2 Å². The Hall–Kier alpha value is -1.61. The van der Waals surface area contributed by atoms with E-state index in [1.54, 1.807) is 0 Å². The minimum Gasteiger partial charge on any atom is -0.211 e. The molecule has 5 heteroatoms. The lowest BCUT2D eigenvalue weighted by atomic mass is 10.2. The fraction of sp³-hybridized carbons (Fsp3) is 0.125. The summed E-state index contributed by atoms with van der Waals surface area (Å²) in [6, 6.07) is 1.79. The van der Waals surface area contributed by atoms with E-state index in [1.165, 1.54) is 6.08 Å². The second-order valence-corrected chi connectivity index (χ2v) is 2.24. The molecule has 0 aliphatic rings. The Labute approximate surface area is 71.7 Å². The lowest BCUT2D eigenvalue weighted by Crippen LogP contribution is -1.96. The maximum absolute atomic E-state index is 12.8. The van der Waals surface area contributed by atoms with E-state index in [4.69, 9.17) is 0 Å². The lowest BCUT2D eigenvalue weighted by molar-refractivity contribution is 0.441. The van der Waals surface area contributed by atoms with Gasteiger partial charge in [0.15, 0.2) is 17.5 Å². The van der Waals surface area contributed by atoms with Crippen molar-refractivity contribution in [1.29, 1.82) is 0 Å². The minimum absolute atomic E-state index is 0.178. The molecule has 0 heterocycles. The van der Waals surface area contributed by atoms with Gasteiger partial charge in [-0.2, -0.15) is 0 Å². The van der Waals surface area contributed by atoms with Crippen molar-refractivity contribution in [3.63, 3.8) is 0 Å². The predicted molar refractivity (Wildman–Crippen MR) is 38.1 cm³/mol. The van der Waals surface area contributed by atoms with Crippen LogP contribution in [0.5, 0.6) is 0 Å². The molecule has 0 unspecified atom stereocenters. The zero-order valence-corrected chi connectivity index (χ0v) is 6.35. The lowest BCUT2D eigenvalue weighted by Gasteiger charge is -1.99. The fourth-order valence-corrected chi connectivity index (χ4v) is 0.805. The van der Waals surface area contributed by atoms with Crippen LogP contribution in [0.25, 0.3) is 0 Å². The minimum atomic E-state index is -1.56. The quantitative estimate of drug-likeness (QED) is 0.395. The number of rotatable bonds is 2. The van der Waals surface area contributed by atoms with Gasteiger partial charge in [0, 0.05) is 5.56 Å². The molecule has 0 fully saturated rings. The van der Waals surface area contributed by atoms with Crippen LogP contribution in [0.1, 0.15) is 5.56 Å². The van der Waals surface area contributed by atoms with Crippen LogP contribution in [-0.2, 0) is 11.3 Å². The van der Waals surface area contributed by atoms with E-state index in [9.17, 15) is 18.0 Å². The molecule has 0 spiro atoms. The standard InChI is InChI=1S/C8H4F3NO/c9-6-2-1-5(3-12-4-13)7(10)8(6)11/h1-2H,3H2. The van der Waals surface area contributed by atoms with Gasteiger partial charge >= 0.3 is 0 Å². The van der Waals surface area contributed by atoms with Crippen LogP contribution in [0.2, 0.25) is 0 Å². The van der Waals surface area contributed by atoms with Crippen molar-refractivity contribution in [2.24, 2.45) is 4.99 Å². The average molecular weight is 187 g/mol. The third-order valence-electron chi connectivity index (χ3n) is 1.43. The molecule has 0 N–H and O–H groups in total. The third-order valence-corrected chi connectivity index (χ3v) is 1.43. The summed E-state index contributed by atoms with van der Waals surface area (Å²) in [7, 11) is 0. The van der Waals surface area contributed by atoms with Crippen molar-refractivity contribution in [2.75, 3.05) is 0 Å². The molecule has 1 aromatic carbocycles. The van der Waals surface area contributed by atoms with Gasteiger partial charge in [-0.05, 0) is 6.07 Å². The van der Waals surface area contributed by atoms with Crippen molar-refractivity contribution in [3.8, 4) is 0 Å². The molecule has 0 saturated heterocycles. The van der Waals surface area contributed by atoms with Gasteiger partial charge in [-0.3, -0.25) is 0 Å². The molecule has 0 aliphatic heterocycles. The maximum atomic E-state index is 12.8. The number of aliphatic imine (C=N–C) groups is 1. The number of hydrogen-bond donors (Lipinski definition) is 0. The second kappa shape index (κ2) is 3.87. The van der Waals surface area contributed by atoms with Gasteiger partial charge in [0.25, 0.3) is 0 Å². The maximum Gasteiger partial charge on any atom is 0.235 e. The first-order valence-corrected chi connectivity index (χ1v) is 3.33. The van der Waals surface area contributed by atoms with E-state index in [0.717, 1.165) is 12.1 Å². The van der Waals surface area contributed by atoms with Gasteiger partial charge < -0.3 is 0 Å². The zero-order valence-electron chi connectivity index (χ0n) is 6.35. The molecule has 0 aromatic heterocycles. The van der Waals surface area contributed by atoms with Crippen LogP contribution in [0.3, 0.4) is 0 Å². The molecule has 13 heavy (non-hydrogen) atoms. The summed E-state index contributed by atoms with van der Waals surface area (Å²) in [6.07, 6.45) is 1.17. The highest BCUT2D eigenvalue weighted by molar-refractivity contribution is 5.34. The topological polar surface area (TPSA) is 29.4 Å². The number of isocyanates is 1. The Morgan fingerprint density at radius 3 is 2.54 bits per heavy atom. The Balaban J connectivity index is 3.10. The number of benzene rings is 1. The van der Waals surface area contributed by atoms with Crippen LogP contribution >= 0.6 is 0 Å². The van der Waals surface area contributed by atoms with E-state index in [-0.39, 0.29) is 12.1 Å². The first-order valence-electron chi connectivity index (χ1n) is 3.33. The van der Waals surface area contributed by atoms with Gasteiger partial charge in [0.1, 0.15) is 0 Å². The molecular formula is C8H4F3NO. The normalized spacial score (nSPS) is 9.46. The molecular weight excluding hydrogens is 183 g/mol. The number of halogens is 3. The summed E-state index contributed by atoms with van der Waals surface area (Å²) >= 11 is 0. The van der Waals surface area contributed by atoms with Gasteiger partial charge in [-0.1, -0.05) is 6.07 Å². The monoisotopic (exact) mass is 187 g/mol. The number of nitrogens with zero attached hydrogens (tertiary/aromatic N) is 1. The van der Waals surface area contributed by atoms with E-state index in [1.807, 2.05) is 0 Å². The highest BCUT2D eigenvalue weighted by Crippen LogP contribution is 2.15. The van der Waals surface area contributed by atoms with Gasteiger partial charge in [0.05, 0.1) is 6.54 Å². The molecule has 0 radical (unpaired) electrons. The van der Waals surface area contributed by atoms with Crippen molar-refractivity contribution in [1.82, 2.24) is 0 Å². The number of hydrogen-bond acceptors (Lipinski definition) is 2. The Morgan fingerprint density at radius 2 is 1.92 bits per heavy atom. The van der Waals surface area contributed by atoms with Crippen LogP contribution < -0.4 is 0 Å². The van der Waals surface area contributed by atoms with Crippen LogP contribution in [-0.4, -0.2) is 6.08 Å². The highest BCUT2D eigenvalue weighted by Gasteiger charge is 2.12. The smallest absolute Gasteiger partial charge is 0.211 e. The van der Waals surface area contributed by atoms with E-state index in [0.29, 0.717) is 0 Å². The second-order valence-electron chi connectivity index (χ2n) is 2.24. The molecule has 1 rings (SSSR count). The average Bonchev–Trinajstić information content (AvgIpc) is 2.13. The van der Waals surface area contributed by atoms with E-state index in [2.05, 4.69) is 4.99 Å². The van der Waals surface area contributed by atoms with Gasteiger partial charge in [-0.15, -0.1) is 0 Å². The molecule has 1 aromatic rings. The van der Waals surface area contributed by atoms with Crippen molar-refractivity contribution < 1.29 is 18.0 Å².